The molecule has 0 N–H and O–H groups in total. The molecule has 15 heavy (non-hydrogen) atoms. The van der Waals surface area contributed by atoms with Crippen molar-refractivity contribution < 1.29 is 19.0 Å². The molecule has 0 saturated carbocycles. The van der Waals surface area contributed by atoms with Crippen molar-refractivity contribution in [1.82, 2.24) is 0 Å². The smallest absolute Gasteiger partial charge is 0.306 e. The first-order valence-corrected chi connectivity index (χ1v) is 5.57. The quantitative estimate of drug-likeness (QED) is 0.424. The molecule has 1 unspecified atom stereocenters. The third-order valence-electron chi connectivity index (χ3n) is 2.28. The zero-order chi connectivity index (χ0) is 12.1. The normalized spacial score (nSPS) is 14.1. The van der Waals surface area contributed by atoms with Gasteiger partial charge in [-0.1, -0.05) is 29.8 Å². The molecular weight excluding hydrogens is 264 g/mol. The summed E-state index contributed by atoms with van der Waals surface area (Å²) < 4.78 is 14.9. The molecule has 0 radical (unpaired) electrons. The summed E-state index contributed by atoms with van der Waals surface area (Å²) in [6, 6.07) is 0. The molecule has 0 fully saturated rings. The standard InChI is InChI=1S/C10H19BrO4/c1-10(2,6-7(12)13-3)8(11)9(14-4)15-5/h8-9H,6H2,1-5H3. The maximum absolute atomic E-state index is 11.2. The van der Waals surface area contributed by atoms with Crippen LogP contribution in [0.25, 0.3) is 0 Å². The van der Waals surface area contributed by atoms with E-state index >= 15 is 0 Å². The average Bonchev–Trinajstić information content (AvgIpc) is 2.18. The van der Waals surface area contributed by atoms with E-state index in [1.165, 1.54) is 7.11 Å². The average molecular weight is 283 g/mol. The largest absolute Gasteiger partial charge is 0.469 e. The van der Waals surface area contributed by atoms with E-state index < -0.39 is 0 Å². The third kappa shape index (κ3) is 4.49. The number of carbonyl (C=O) groups excluding carboxylic acids is 1. The lowest BCUT2D eigenvalue weighted by atomic mass is 9.85. The first kappa shape index (κ1) is 14.9. The summed E-state index contributed by atoms with van der Waals surface area (Å²) in [6.07, 6.45) is -0.0764. The maximum Gasteiger partial charge on any atom is 0.306 e. The molecule has 0 aliphatic carbocycles. The zero-order valence-electron chi connectivity index (χ0n) is 9.87. The van der Waals surface area contributed by atoms with E-state index in [2.05, 4.69) is 20.7 Å². The molecule has 0 aliphatic heterocycles. The number of esters is 1. The highest BCUT2D eigenvalue weighted by atomic mass is 79.9. The molecule has 0 spiro atoms. The second-order valence-corrected chi connectivity index (χ2v) is 4.97. The number of ether oxygens (including phenoxy) is 3. The lowest BCUT2D eigenvalue weighted by Crippen LogP contribution is -2.38. The van der Waals surface area contributed by atoms with Crippen LogP contribution < -0.4 is 0 Å². The van der Waals surface area contributed by atoms with Gasteiger partial charge in [0, 0.05) is 14.2 Å². The van der Waals surface area contributed by atoms with E-state index in [4.69, 9.17) is 9.47 Å². The topological polar surface area (TPSA) is 44.8 Å². The Labute approximate surface area is 99.4 Å². The minimum Gasteiger partial charge on any atom is -0.469 e. The predicted molar refractivity (Wildman–Crippen MR) is 60.9 cm³/mol. The van der Waals surface area contributed by atoms with Gasteiger partial charge in [0.1, 0.15) is 0 Å². The van der Waals surface area contributed by atoms with E-state index in [9.17, 15) is 4.79 Å². The second-order valence-electron chi connectivity index (χ2n) is 3.98. The van der Waals surface area contributed by atoms with E-state index in [0.29, 0.717) is 6.42 Å². The van der Waals surface area contributed by atoms with Crippen molar-refractivity contribution in [1.29, 1.82) is 0 Å². The van der Waals surface area contributed by atoms with Gasteiger partial charge in [-0.2, -0.15) is 0 Å². The predicted octanol–water partition coefficient (Wildman–Crippen LogP) is 1.96. The van der Waals surface area contributed by atoms with Gasteiger partial charge in [0.15, 0.2) is 6.29 Å². The lowest BCUT2D eigenvalue weighted by Gasteiger charge is -2.33. The van der Waals surface area contributed by atoms with Crippen molar-refractivity contribution in [2.24, 2.45) is 5.41 Å². The van der Waals surface area contributed by atoms with Crippen molar-refractivity contribution in [2.75, 3.05) is 21.3 Å². The molecule has 90 valence electrons. The van der Waals surface area contributed by atoms with Gasteiger partial charge in [0.05, 0.1) is 18.4 Å². The maximum atomic E-state index is 11.2. The molecule has 0 aromatic rings. The van der Waals surface area contributed by atoms with Crippen LogP contribution in [0.5, 0.6) is 0 Å². The number of methoxy groups -OCH3 is 3. The van der Waals surface area contributed by atoms with Crippen LogP contribution in [0.1, 0.15) is 20.3 Å². The first-order chi connectivity index (χ1) is 6.88. The molecule has 0 aliphatic rings. The van der Waals surface area contributed by atoms with Crippen LogP contribution in [0.15, 0.2) is 0 Å². The van der Waals surface area contributed by atoms with E-state index in [1.54, 1.807) is 14.2 Å². The molecular formula is C10H19BrO4. The minimum atomic E-state index is -0.385. The second kappa shape index (κ2) is 6.45. The monoisotopic (exact) mass is 282 g/mol. The van der Waals surface area contributed by atoms with Crippen LogP contribution in [0, 0.1) is 5.41 Å². The van der Waals surface area contributed by atoms with Gasteiger partial charge >= 0.3 is 5.97 Å². The molecule has 0 aromatic heterocycles. The van der Waals surface area contributed by atoms with Crippen LogP contribution in [0.4, 0.5) is 0 Å². The van der Waals surface area contributed by atoms with Gasteiger partial charge in [-0.3, -0.25) is 4.79 Å². The van der Waals surface area contributed by atoms with Crippen LogP contribution in [-0.4, -0.2) is 38.4 Å². The Bertz CT molecular complexity index is 202. The highest BCUT2D eigenvalue weighted by Crippen LogP contribution is 2.34. The highest BCUT2D eigenvalue weighted by Gasteiger charge is 2.36. The van der Waals surface area contributed by atoms with Gasteiger partial charge in [0.2, 0.25) is 0 Å². The number of halogens is 1. The molecule has 0 amide bonds. The molecule has 0 heterocycles. The number of rotatable bonds is 6. The van der Waals surface area contributed by atoms with Gasteiger partial charge < -0.3 is 14.2 Å². The van der Waals surface area contributed by atoms with E-state index in [-0.39, 0.29) is 22.5 Å². The third-order valence-corrected chi connectivity index (χ3v) is 3.95. The fourth-order valence-electron chi connectivity index (χ4n) is 1.25. The summed E-state index contributed by atoms with van der Waals surface area (Å²) in [4.78, 5) is 11.1. The van der Waals surface area contributed by atoms with E-state index in [1.807, 2.05) is 13.8 Å². The van der Waals surface area contributed by atoms with Crippen LogP contribution >= 0.6 is 15.9 Å². The molecule has 4 nitrogen and oxygen atoms in total. The van der Waals surface area contributed by atoms with Crippen molar-refractivity contribution in [3.8, 4) is 0 Å². The Morgan fingerprint density at radius 2 is 1.73 bits per heavy atom. The molecule has 0 saturated heterocycles. The molecule has 0 bridgehead atoms. The van der Waals surface area contributed by atoms with Crippen molar-refractivity contribution >= 4 is 21.9 Å². The summed E-state index contributed by atoms with van der Waals surface area (Å²) in [6.45, 7) is 3.91. The number of hydrogen-bond acceptors (Lipinski definition) is 4. The Balaban J connectivity index is 4.48. The van der Waals surface area contributed by atoms with E-state index in [0.717, 1.165) is 0 Å². The number of hydrogen-bond donors (Lipinski definition) is 0. The Morgan fingerprint density at radius 1 is 1.27 bits per heavy atom. The minimum absolute atomic E-state index is 0.0842. The van der Waals surface area contributed by atoms with Crippen LogP contribution in [-0.2, 0) is 19.0 Å². The summed E-state index contributed by atoms with van der Waals surface area (Å²) >= 11 is 3.49. The molecule has 0 aromatic carbocycles. The summed E-state index contributed by atoms with van der Waals surface area (Å²) in [5.41, 5.74) is -0.302. The fourth-order valence-corrected chi connectivity index (χ4v) is 1.84. The van der Waals surface area contributed by atoms with Crippen molar-refractivity contribution in [2.45, 2.75) is 31.4 Å². The molecule has 5 heteroatoms. The van der Waals surface area contributed by atoms with Gasteiger partial charge in [-0.05, 0) is 5.41 Å². The van der Waals surface area contributed by atoms with Crippen LogP contribution in [0.3, 0.4) is 0 Å². The molecule has 0 rings (SSSR count). The number of carbonyl (C=O) groups is 1. The summed E-state index contributed by atoms with van der Waals surface area (Å²) in [7, 11) is 4.51. The summed E-state index contributed by atoms with van der Waals surface area (Å²) in [5, 5.41) is 0. The summed E-state index contributed by atoms with van der Waals surface area (Å²) in [5.74, 6) is -0.240. The zero-order valence-corrected chi connectivity index (χ0v) is 11.5. The number of alkyl halides is 1. The Morgan fingerprint density at radius 3 is 2.07 bits per heavy atom. The fraction of sp³-hybridized carbons (Fsp3) is 0.900. The van der Waals surface area contributed by atoms with Gasteiger partial charge in [-0.15, -0.1) is 0 Å². The van der Waals surface area contributed by atoms with Crippen molar-refractivity contribution in [3.63, 3.8) is 0 Å². The first-order valence-electron chi connectivity index (χ1n) is 4.65. The van der Waals surface area contributed by atoms with Crippen molar-refractivity contribution in [3.05, 3.63) is 0 Å². The lowest BCUT2D eigenvalue weighted by molar-refractivity contribution is -0.146. The van der Waals surface area contributed by atoms with Crippen LogP contribution in [0.2, 0.25) is 0 Å². The Kier molecular flexibility index (Phi) is 6.40. The Hall–Kier alpha value is -0.130. The van der Waals surface area contributed by atoms with Gasteiger partial charge in [-0.25, -0.2) is 0 Å². The molecule has 1 atom stereocenters. The highest BCUT2D eigenvalue weighted by molar-refractivity contribution is 9.09. The van der Waals surface area contributed by atoms with Gasteiger partial charge in [0.25, 0.3) is 0 Å². The SMILES string of the molecule is COC(=O)CC(C)(C)C(Br)C(OC)OC.